The molecule has 0 aliphatic heterocycles. The molecule has 19 heavy (non-hydrogen) atoms. The minimum Gasteiger partial charge on any atom is -0.489 e. The van der Waals surface area contributed by atoms with Crippen molar-refractivity contribution in [1.82, 2.24) is 0 Å². The Labute approximate surface area is 114 Å². The van der Waals surface area contributed by atoms with Gasteiger partial charge in [0.05, 0.1) is 6.10 Å². The number of hydrogen-bond acceptors (Lipinski definition) is 2. The molecule has 0 saturated carbocycles. The van der Waals surface area contributed by atoms with Crippen molar-refractivity contribution in [2.75, 3.05) is 0 Å². The number of benzene rings is 2. The van der Waals surface area contributed by atoms with Crippen molar-refractivity contribution in [2.24, 2.45) is 0 Å². The van der Waals surface area contributed by atoms with Crippen molar-refractivity contribution in [3.05, 3.63) is 64.7 Å². The van der Waals surface area contributed by atoms with E-state index >= 15 is 0 Å². The average Bonchev–Trinajstić information content (AvgIpc) is 2.37. The SMILES string of the molecule is Cc1ccc(C(C)O)c(OCc2ccccc2C)c1. The molecule has 0 aromatic heterocycles. The predicted octanol–water partition coefficient (Wildman–Crippen LogP) is 3.94. The molecule has 0 heterocycles. The van der Waals surface area contributed by atoms with Gasteiger partial charge in [0.15, 0.2) is 0 Å². The van der Waals surface area contributed by atoms with Crippen molar-refractivity contribution in [3.63, 3.8) is 0 Å². The van der Waals surface area contributed by atoms with Crippen LogP contribution >= 0.6 is 0 Å². The lowest BCUT2D eigenvalue weighted by Gasteiger charge is -2.15. The second-order valence-corrected chi connectivity index (χ2v) is 4.93. The third-order valence-electron chi connectivity index (χ3n) is 3.26. The van der Waals surface area contributed by atoms with E-state index in [0.29, 0.717) is 6.61 Å². The Morgan fingerprint density at radius 2 is 1.84 bits per heavy atom. The minimum atomic E-state index is -0.521. The first-order valence-corrected chi connectivity index (χ1v) is 6.54. The molecule has 0 aliphatic carbocycles. The van der Waals surface area contributed by atoms with Gasteiger partial charge in [-0.3, -0.25) is 0 Å². The normalized spacial score (nSPS) is 12.2. The smallest absolute Gasteiger partial charge is 0.125 e. The molecule has 2 aromatic carbocycles. The number of rotatable bonds is 4. The monoisotopic (exact) mass is 256 g/mol. The highest BCUT2D eigenvalue weighted by Crippen LogP contribution is 2.27. The maximum absolute atomic E-state index is 9.77. The molecule has 0 aliphatic rings. The first-order valence-electron chi connectivity index (χ1n) is 6.54. The van der Waals surface area contributed by atoms with Crippen LogP contribution in [0.2, 0.25) is 0 Å². The van der Waals surface area contributed by atoms with Crippen molar-refractivity contribution < 1.29 is 9.84 Å². The van der Waals surface area contributed by atoms with Crippen LogP contribution in [-0.2, 0) is 6.61 Å². The van der Waals surface area contributed by atoms with Gasteiger partial charge in [-0.25, -0.2) is 0 Å². The topological polar surface area (TPSA) is 29.5 Å². The second-order valence-electron chi connectivity index (χ2n) is 4.93. The van der Waals surface area contributed by atoms with Gasteiger partial charge in [-0.2, -0.15) is 0 Å². The summed E-state index contributed by atoms with van der Waals surface area (Å²) in [7, 11) is 0. The summed E-state index contributed by atoms with van der Waals surface area (Å²) in [6.45, 7) is 6.37. The zero-order chi connectivity index (χ0) is 13.8. The van der Waals surface area contributed by atoms with Crippen LogP contribution < -0.4 is 4.74 Å². The maximum atomic E-state index is 9.77. The summed E-state index contributed by atoms with van der Waals surface area (Å²) in [5.41, 5.74) is 4.35. The Morgan fingerprint density at radius 3 is 2.53 bits per heavy atom. The molecule has 2 rings (SSSR count). The quantitative estimate of drug-likeness (QED) is 0.898. The standard InChI is InChI=1S/C17H20O2/c1-12-8-9-16(14(3)18)17(10-12)19-11-15-7-5-4-6-13(15)2/h4-10,14,18H,11H2,1-3H3. The highest BCUT2D eigenvalue weighted by molar-refractivity contribution is 5.38. The number of aryl methyl sites for hydroxylation is 2. The number of hydrogen-bond donors (Lipinski definition) is 1. The Hall–Kier alpha value is -1.80. The molecule has 2 aromatic rings. The first kappa shape index (κ1) is 13.6. The van der Waals surface area contributed by atoms with Crippen molar-refractivity contribution in [1.29, 1.82) is 0 Å². The minimum absolute atomic E-state index is 0.521. The van der Waals surface area contributed by atoms with Crippen LogP contribution in [0.25, 0.3) is 0 Å². The summed E-state index contributed by atoms with van der Waals surface area (Å²) >= 11 is 0. The zero-order valence-corrected chi connectivity index (χ0v) is 11.7. The summed E-state index contributed by atoms with van der Waals surface area (Å²) in [4.78, 5) is 0. The lowest BCUT2D eigenvalue weighted by Crippen LogP contribution is -2.02. The Kier molecular flexibility index (Phi) is 4.23. The molecule has 0 saturated heterocycles. The van der Waals surface area contributed by atoms with Crippen LogP contribution in [0.4, 0.5) is 0 Å². The third-order valence-corrected chi connectivity index (χ3v) is 3.26. The fraction of sp³-hybridized carbons (Fsp3) is 0.294. The summed E-state index contributed by atoms with van der Waals surface area (Å²) < 4.78 is 5.89. The number of aliphatic hydroxyl groups is 1. The van der Waals surface area contributed by atoms with Crippen LogP contribution in [-0.4, -0.2) is 5.11 Å². The van der Waals surface area contributed by atoms with Gasteiger partial charge in [-0.05, 0) is 43.5 Å². The highest BCUT2D eigenvalue weighted by Gasteiger charge is 2.09. The van der Waals surface area contributed by atoms with Crippen LogP contribution in [0.1, 0.15) is 35.3 Å². The van der Waals surface area contributed by atoms with E-state index in [0.717, 1.165) is 16.9 Å². The third kappa shape index (κ3) is 3.36. The van der Waals surface area contributed by atoms with E-state index in [-0.39, 0.29) is 0 Å². The molecule has 0 bridgehead atoms. The summed E-state index contributed by atoms with van der Waals surface area (Å²) in [6.07, 6.45) is -0.521. The van der Waals surface area contributed by atoms with E-state index in [1.54, 1.807) is 6.92 Å². The molecule has 0 spiro atoms. The van der Waals surface area contributed by atoms with E-state index in [1.165, 1.54) is 11.1 Å². The molecule has 0 fully saturated rings. The van der Waals surface area contributed by atoms with Crippen LogP contribution in [0.15, 0.2) is 42.5 Å². The average molecular weight is 256 g/mol. The lowest BCUT2D eigenvalue weighted by atomic mass is 10.1. The number of ether oxygens (including phenoxy) is 1. The van der Waals surface area contributed by atoms with Gasteiger partial charge in [0, 0.05) is 5.56 Å². The molecule has 1 atom stereocenters. The molecule has 1 unspecified atom stereocenters. The Morgan fingerprint density at radius 1 is 1.11 bits per heavy atom. The summed E-state index contributed by atoms with van der Waals surface area (Å²) in [5.74, 6) is 0.762. The molecule has 100 valence electrons. The van der Waals surface area contributed by atoms with Gasteiger partial charge in [0.1, 0.15) is 12.4 Å². The molecule has 0 amide bonds. The van der Waals surface area contributed by atoms with Gasteiger partial charge in [-0.15, -0.1) is 0 Å². The van der Waals surface area contributed by atoms with Gasteiger partial charge in [0.2, 0.25) is 0 Å². The summed E-state index contributed by atoms with van der Waals surface area (Å²) in [5, 5.41) is 9.77. The fourth-order valence-corrected chi connectivity index (χ4v) is 2.04. The molecule has 0 radical (unpaired) electrons. The van der Waals surface area contributed by atoms with E-state index in [2.05, 4.69) is 19.1 Å². The van der Waals surface area contributed by atoms with Crippen molar-refractivity contribution in [2.45, 2.75) is 33.5 Å². The predicted molar refractivity (Wildman–Crippen MR) is 77.3 cm³/mol. The van der Waals surface area contributed by atoms with Crippen LogP contribution in [0, 0.1) is 13.8 Å². The largest absolute Gasteiger partial charge is 0.489 e. The first-order chi connectivity index (χ1) is 9.08. The van der Waals surface area contributed by atoms with E-state index in [4.69, 9.17) is 4.74 Å². The molecular weight excluding hydrogens is 236 g/mol. The van der Waals surface area contributed by atoms with Crippen LogP contribution in [0.5, 0.6) is 5.75 Å². The second kappa shape index (κ2) is 5.89. The van der Waals surface area contributed by atoms with E-state index < -0.39 is 6.10 Å². The van der Waals surface area contributed by atoms with Gasteiger partial charge in [-0.1, -0.05) is 36.4 Å². The fourth-order valence-electron chi connectivity index (χ4n) is 2.04. The molecular formula is C17H20O2. The van der Waals surface area contributed by atoms with Crippen LogP contribution in [0.3, 0.4) is 0 Å². The molecule has 2 nitrogen and oxygen atoms in total. The van der Waals surface area contributed by atoms with Crippen molar-refractivity contribution >= 4 is 0 Å². The van der Waals surface area contributed by atoms with Gasteiger partial charge in [0.25, 0.3) is 0 Å². The Balaban J connectivity index is 2.19. The van der Waals surface area contributed by atoms with Gasteiger partial charge >= 0.3 is 0 Å². The zero-order valence-electron chi connectivity index (χ0n) is 11.7. The van der Waals surface area contributed by atoms with Gasteiger partial charge < -0.3 is 9.84 Å². The van der Waals surface area contributed by atoms with Crippen molar-refractivity contribution in [3.8, 4) is 5.75 Å². The Bertz CT molecular complexity index is 559. The molecule has 1 N–H and O–H groups in total. The lowest BCUT2D eigenvalue weighted by molar-refractivity contribution is 0.190. The maximum Gasteiger partial charge on any atom is 0.125 e. The number of aliphatic hydroxyl groups excluding tert-OH is 1. The van der Waals surface area contributed by atoms with E-state index in [1.807, 2.05) is 37.3 Å². The van der Waals surface area contributed by atoms with E-state index in [9.17, 15) is 5.11 Å². The molecule has 2 heteroatoms. The summed E-state index contributed by atoms with van der Waals surface area (Å²) in [6, 6.07) is 14.1. The highest BCUT2D eigenvalue weighted by atomic mass is 16.5.